The highest BCUT2D eigenvalue weighted by Crippen LogP contribution is 2.23. The highest BCUT2D eigenvalue weighted by atomic mass is 32.2. The highest BCUT2D eigenvalue weighted by molar-refractivity contribution is 7.85. The molecule has 28 heavy (non-hydrogen) atoms. The maximum absolute atomic E-state index is 12.2. The van der Waals surface area contributed by atoms with Crippen LogP contribution in [0.25, 0.3) is 0 Å². The number of aliphatic imine (C=N–C) groups is 1. The van der Waals surface area contributed by atoms with Crippen molar-refractivity contribution >= 4 is 16.8 Å². The minimum absolute atomic E-state index is 0.325. The first-order valence-electron chi connectivity index (χ1n) is 10.7. The summed E-state index contributed by atoms with van der Waals surface area (Å²) < 4.78 is 12.2. The van der Waals surface area contributed by atoms with E-state index in [1.165, 1.54) is 11.1 Å². The SMILES string of the molecule is CCNC(=NCc1cccc(CN(C)CC)c1)NC1CCCC(S(=O)CC)C1. The molecule has 1 aromatic carbocycles. The monoisotopic (exact) mass is 406 g/mol. The maximum atomic E-state index is 12.2. The molecule has 1 aliphatic carbocycles. The Morgan fingerprint density at radius 2 is 2.04 bits per heavy atom. The van der Waals surface area contributed by atoms with E-state index in [1.807, 2.05) is 6.92 Å². The Labute approximate surface area is 173 Å². The van der Waals surface area contributed by atoms with E-state index >= 15 is 0 Å². The molecule has 0 aromatic heterocycles. The van der Waals surface area contributed by atoms with Gasteiger partial charge in [0.25, 0.3) is 0 Å². The molecule has 3 atom stereocenters. The van der Waals surface area contributed by atoms with Gasteiger partial charge in [-0.1, -0.05) is 44.5 Å². The Hall–Kier alpha value is -1.40. The summed E-state index contributed by atoms with van der Waals surface area (Å²) in [7, 11) is 1.44. The first kappa shape index (κ1) is 22.9. The van der Waals surface area contributed by atoms with Crippen LogP contribution in [0.5, 0.6) is 0 Å². The average molecular weight is 407 g/mol. The predicted octanol–water partition coefficient (Wildman–Crippen LogP) is 3.27. The lowest BCUT2D eigenvalue weighted by molar-refractivity contribution is 0.345. The number of hydrogen-bond acceptors (Lipinski definition) is 3. The number of rotatable bonds is 9. The molecule has 1 fully saturated rings. The zero-order valence-corrected chi connectivity index (χ0v) is 18.9. The van der Waals surface area contributed by atoms with E-state index in [4.69, 9.17) is 4.99 Å². The predicted molar refractivity (Wildman–Crippen MR) is 121 cm³/mol. The van der Waals surface area contributed by atoms with Crippen LogP contribution >= 0.6 is 0 Å². The number of nitrogens with one attached hydrogen (secondary N) is 2. The fraction of sp³-hybridized carbons (Fsp3) is 0.682. The van der Waals surface area contributed by atoms with Crippen LogP contribution in [0.1, 0.15) is 57.6 Å². The van der Waals surface area contributed by atoms with Gasteiger partial charge in [0.2, 0.25) is 0 Å². The average Bonchev–Trinajstić information content (AvgIpc) is 2.72. The van der Waals surface area contributed by atoms with Crippen molar-refractivity contribution in [2.24, 2.45) is 4.99 Å². The minimum Gasteiger partial charge on any atom is -0.357 e. The Kier molecular flexibility index (Phi) is 9.99. The lowest BCUT2D eigenvalue weighted by Crippen LogP contribution is -2.46. The zero-order chi connectivity index (χ0) is 20.4. The maximum Gasteiger partial charge on any atom is 0.191 e. The van der Waals surface area contributed by atoms with Gasteiger partial charge in [-0.25, -0.2) is 4.99 Å². The normalized spacial score (nSPS) is 21.5. The van der Waals surface area contributed by atoms with Crippen LogP contribution in [0.2, 0.25) is 0 Å². The molecule has 5 nitrogen and oxygen atoms in total. The first-order chi connectivity index (χ1) is 13.5. The molecule has 0 heterocycles. The number of hydrogen-bond donors (Lipinski definition) is 2. The third-order valence-corrected chi connectivity index (χ3v) is 7.11. The smallest absolute Gasteiger partial charge is 0.191 e. The summed E-state index contributed by atoms with van der Waals surface area (Å²) in [5, 5.41) is 7.28. The van der Waals surface area contributed by atoms with Gasteiger partial charge in [-0.2, -0.15) is 0 Å². The summed E-state index contributed by atoms with van der Waals surface area (Å²) >= 11 is 0. The lowest BCUT2D eigenvalue weighted by atomic mass is 9.95. The molecule has 2 N–H and O–H groups in total. The molecule has 0 bridgehead atoms. The van der Waals surface area contributed by atoms with Crippen LogP contribution < -0.4 is 10.6 Å². The van der Waals surface area contributed by atoms with Crippen molar-refractivity contribution in [3.05, 3.63) is 35.4 Å². The molecule has 0 saturated heterocycles. The molecular formula is C22H38N4OS. The second-order valence-corrected chi connectivity index (χ2v) is 9.65. The van der Waals surface area contributed by atoms with Crippen molar-refractivity contribution in [2.75, 3.05) is 25.9 Å². The van der Waals surface area contributed by atoms with E-state index in [0.29, 0.717) is 17.8 Å². The van der Waals surface area contributed by atoms with Gasteiger partial charge in [0.15, 0.2) is 5.96 Å². The third kappa shape index (κ3) is 7.55. The Bertz CT molecular complexity index is 649. The summed E-state index contributed by atoms with van der Waals surface area (Å²) in [5.41, 5.74) is 2.56. The van der Waals surface area contributed by atoms with Crippen LogP contribution in [0.15, 0.2) is 29.3 Å². The van der Waals surface area contributed by atoms with E-state index in [2.05, 4.69) is 60.7 Å². The summed E-state index contributed by atoms with van der Waals surface area (Å²) in [6.07, 6.45) is 4.33. The van der Waals surface area contributed by atoms with Gasteiger partial charge >= 0.3 is 0 Å². The second kappa shape index (κ2) is 12.2. The number of nitrogens with zero attached hydrogens (tertiary/aromatic N) is 2. The Morgan fingerprint density at radius 3 is 2.75 bits per heavy atom. The fourth-order valence-electron chi connectivity index (χ4n) is 3.68. The van der Waals surface area contributed by atoms with Gasteiger partial charge in [-0.3, -0.25) is 4.21 Å². The topological polar surface area (TPSA) is 56.7 Å². The van der Waals surface area contributed by atoms with E-state index < -0.39 is 10.8 Å². The molecule has 158 valence electrons. The molecule has 0 aliphatic heterocycles. The van der Waals surface area contributed by atoms with Crippen LogP contribution in [-0.4, -0.2) is 52.3 Å². The molecule has 0 radical (unpaired) electrons. The van der Waals surface area contributed by atoms with Crippen LogP contribution in [0.3, 0.4) is 0 Å². The largest absolute Gasteiger partial charge is 0.357 e. The minimum atomic E-state index is -0.699. The molecular weight excluding hydrogens is 368 g/mol. The number of benzene rings is 1. The Balaban J connectivity index is 1.98. The van der Waals surface area contributed by atoms with Crippen molar-refractivity contribution in [3.8, 4) is 0 Å². The van der Waals surface area contributed by atoms with Crippen molar-refractivity contribution in [3.63, 3.8) is 0 Å². The molecule has 3 unspecified atom stereocenters. The summed E-state index contributed by atoms with van der Waals surface area (Å²) in [6.45, 7) is 9.79. The van der Waals surface area contributed by atoms with E-state index in [9.17, 15) is 4.21 Å². The van der Waals surface area contributed by atoms with Crippen LogP contribution in [0.4, 0.5) is 0 Å². The quantitative estimate of drug-likeness (QED) is 0.488. The second-order valence-electron chi connectivity index (χ2n) is 7.64. The van der Waals surface area contributed by atoms with Gasteiger partial charge in [0.1, 0.15) is 0 Å². The molecule has 2 rings (SSSR count). The standard InChI is InChI=1S/C22H38N4OS/c1-5-23-22(25-20-12-9-13-21(15-20)28(27)7-3)24-16-18-10-8-11-19(14-18)17-26(4)6-2/h8,10-11,14,20-21H,5-7,9,12-13,15-17H2,1-4H3,(H2,23,24,25). The fourth-order valence-corrected chi connectivity index (χ4v) is 5.03. The molecule has 1 saturated carbocycles. The molecule has 1 aromatic rings. The summed E-state index contributed by atoms with van der Waals surface area (Å²) in [4.78, 5) is 7.11. The van der Waals surface area contributed by atoms with Crippen molar-refractivity contribution < 1.29 is 4.21 Å². The van der Waals surface area contributed by atoms with Gasteiger partial charge in [0, 0.05) is 40.9 Å². The van der Waals surface area contributed by atoms with Crippen molar-refractivity contribution in [2.45, 2.75) is 70.8 Å². The van der Waals surface area contributed by atoms with Crippen LogP contribution in [0, 0.1) is 0 Å². The van der Waals surface area contributed by atoms with Gasteiger partial charge < -0.3 is 15.5 Å². The van der Waals surface area contributed by atoms with Gasteiger partial charge in [-0.05, 0) is 50.9 Å². The van der Waals surface area contributed by atoms with E-state index in [1.54, 1.807) is 0 Å². The third-order valence-electron chi connectivity index (χ3n) is 5.37. The van der Waals surface area contributed by atoms with E-state index in [-0.39, 0.29) is 0 Å². The number of guanidine groups is 1. The van der Waals surface area contributed by atoms with Crippen molar-refractivity contribution in [1.29, 1.82) is 0 Å². The van der Waals surface area contributed by atoms with Gasteiger partial charge in [-0.15, -0.1) is 0 Å². The Morgan fingerprint density at radius 1 is 1.25 bits per heavy atom. The van der Waals surface area contributed by atoms with E-state index in [0.717, 1.165) is 57.0 Å². The first-order valence-corrected chi connectivity index (χ1v) is 12.1. The molecule has 1 aliphatic rings. The van der Waals surface area contributed by atoms with Crippen LogP contribution in [-0.2, 0) is 23.9 Å². The molecule has 6 heteroatoms. The van der Waals surface area contributed by atoms with Gasteiger partial charge in [0.05, 0.1) is 6.54 Å². The summed E-state index contributed by atoms with van der Waals surface area (Å²) in [6, 6.07) is 9.05. The summed E-state index contributed by atoms with van der Waals surface area (Å²) in [5.74, 6) is 1.63. The lowest BCUT2D eigenvalue weighted by Gasteiger charge is -2.30. The molecule has 0 amide bonds. The molecule has 0 spiro atoms. The highest BCUT2D eigenvalue weighted by Gasteiger charge is 2.26. The zero-order valence-electron chi connectivity index (χ0n) is 18.0. The van der Waals surface area contributed by atoms with Crippen molar-refractivity contribution in [1.82, 2.24) is 15.5 Å².